The van der Waals surface area contributed by atoms with Crippen LogP contribution in [0.4, 0.5) is 5.69 Å². The fourth-order valence-corrected chi connectivity index (χ4v) is 3.95. The van der Waals surface area contributed by atoms with Gasteiger partial charge in [-0.05, 0) is 64.4 Å². The van der Waals surface area contributed by atoms with E-state index in [1.165, 1.54) is 0 Å². The van der Waals surface area contributed by atoms with Crippen LogP contribution in [0.1, 0.15) is 50.9 Å². The summed E-state index contributed by atoms with van der Waals surface area (Å²) in [6.07, 6.45) is 2.26. The number of nitrogens with one attached hydrogen (secondary N) is 2. The number of anilines is 1. The predicted octanol–water partition coefficient (Wildman–Crippen LogP) is 2.67. The molecule has 1 aromatic carbocycles. The average Bonchev–Trinajstić information content (AvgIpc) is 3.05. The number of likely N-dealkylation sites (N-methyl/N-ethyl adjacent to an activating group) is 1. The molecule has 0 aliphatic carbocycles. The molecule has 2 N–H and O–H groups in total. The lowest BCUT2D eigenvalue weighted by Crippen LogP contribution is -2.35. The van der Waals surface area contributed by atoms with Gasteiger partial charge in [0.15, 0.2) is 0 Å². The van der Waals surface area contributed by atoms with E-state index < -0.39 is 5.41 Å². The third-order valence-electron chi connectivity index (χ3n) is 5.40. The maximum absolute atomic E-state index is 12.6. The molecule has 0 saturated carbocycles. The molecule has 1 saturated heterocycles. The summed E-state index contributed by atoms with van der Waals surface area (Å²) in [6.45, 7) is 8.87. The highest BCUT2D eigenvalue weighted by Gasteiger charge is 2.43. The fourth-order valence-electron chi connectivity index (χ4n) is 3.95. The molecule has 0 atom stereocenters. The number of carbonyl (C=O) groups excluding carboxylic acids is 1. The topological polar surface area (TPSA) is 61.0 Å². The van der Waals surface area contributed by atoms with Gasteiger partial charge in [0.05, 0.1) is 22.1 Å². The number of carbonyl (C=O) groups is 1. The molecule has 0 bridgehead atoms. The molecule has 0 radical (unpaired) electrons. The van der Waals surface area contributed by atoms with Crippen LogP contribution in [0.5, 0.6) is 0 Å². The van der Waals surface area contributed by atoms with Crippen LogP contribution in [-0.4, -0.2) is 35.5 Å². The third kappa shape index (κ3) is 2.10. The summed E-state index contributed by atoms with van der Waals surface area (Å²) >= 11 is 0. The van der Waals surface area contributed by atoms with Crippen LogP contribution in [0.25, 0.3) is 11.0 Å². The fraction of sp³-hybridized carbons (Fsp3) is 0.556. The summed E-state index contributed by atoms with van der Waals surface area (Å²) in [4.78, 5) is 22.9. The number of rotatable bonds is 2. The second-order valence-electron chi connectivity index (χ2n) is 7.21. The lowest BCUT2D eigenvalue weighted by molar-refractivity contribution is -0.122. The van der Waals surface area contributed by atoms with Gasteiger partial charge in [-0.15, -0.1) is 0 Å². The lowest BCUT2D eigenvalue weighted by atomic mass is 9.86. The van der Waals surface area contributed by atoms with Crippen molar-refractivity contribution in [3.8, 4) is 0 Å². The first-order chi connectivity index (χ1) is 11.0. The number of benzene rings is 1. The molecule has 2 aromatic rings. The maximum Gasteiger partial charge on any atom is 0.237 e. The van der Waals surface area contributed by atoms with Gasteiger partial charge in [-0.25, -0.2) is 4.98 Å². The molecular formula is C18H24N4O. The minimum atomic E-state index is -0.465. The number of aromatic nitrogens is 2. The van der Waals surface area contributed by atoms with Gasteiger partial charge < -0.3 is 15.2 Å². The third-order valence-corrected chi connectivity index (χ3v) is 5.40. The number of amides is 1. The Morgan fingerprint density at radius 3 is 2.74 bits per heavy atom. The summed E-state index contributed by atoms with van der Waals surface area (Å²) in [6, 6.07) is 4.22. The Labute approximate surface area is 136 Å². The molecule has 122 valence electrons. The zero-order valence-corrected chi connectivity index (χ0v) is 14.1. The Kier molecular flexibility index (Phi) is 3.23. The van der Waals surface area contributed by atoms with Crippen LogP contribution in [-0.2, 0) is 10.2 Å². The Balaban J connectivity index is 1.81. The predicted molar refractivity (Wildman–Crippen MR) is 92.0 cm³/mol. The van der Waals surface area contributed by atoms with Crippen molar-refractivity contribution >= 4 is 22.6 Å². The molecule has 0 unspecified atom stereocenters. The van der Waals surface area contributed by atoms with E-state index in [2.05, 4.69) is 22.4 Å². The quantitative estimate of drug-likeness (QED) is 0.896. The summed E-state index contributed by atoms with van der Waals surface area (Å²) in [5, 5.41) is 3.40. The van der Waals surface area contributed by atoms with Crippen molar-refractivity contribution in [2.45, 2.75) is 44.9 Å². The van der Waals surface area contributed by atoms with Gasteiger partial charge in [0.1, 0.15) is 5.82 Å². The van der Waals surface area contributed by atoms with Crippen molar-refractivity contribution in [1.29, 1.82) is 0 Å². The second-order valence-corrected chi connectivity index (χ2v) is 7.21. The molecule has 5 heteroatoms. The first-order valence-electron chi connectivity index (χ1n) is 8.59. The molecule has 23 heavy (non-hydrogen) atoms. The molecule has 1 aromatic heterocycles. The van der Waals surface area contributed by atoms with Gasteiger partial charge in [-0.2, -0.15) is 0 Å². The van der Waals surface area contributed by atoms with Crippen molar-refractivity contribution in [2.75, 3.05) is 24.5 Å². The van der Waals surface area contributed by atoms with Crippen molar-refractivity contribution in [3.63, 3.8) is 0 Å². The van der Waals surface area contributed by atoms with Crippen molar-refractivity contribution in [2.24, 2.45) is 0 Å². The average molecular weight is 312 g/mol. The summed E-state index contributed by atoms with van der Waals surface area (Å²) in [7, 11) is 0. The summed E-state index contributed by atoms with van der Waals surface area (Å²) < 4.78 is 0. The molecule has 2 aliphatic heterocycles. The zero-order chi connectivity index (χ0) is 16.2. The van der Waals surface area contributed by atoms with E-state index in [4.69, 9.17) is 4.98 Å². The molecule has 1 amide bonds. The van der Waals surface area contributed by atoms with Gasteiger partial charge in [-0.1, -0.05) is 0 Å². The van der Waals surface area contributed by atoms with E-state index in [9.17, 15) is 4.79 Å². The number of aromatic amines is 1. The van der Waals surface area contributed by atoms with Gasteiger partial charge in [-0.3, -0.25) is 4.79 Å². The molecule has 0 spiro atoms. The van der Waals surface area contributed by atoms with Crippen molar-refractivity contribution < 1.29 is 4.79 Å². The first kappa shape index (κ1) is 14.7. The van der Waals surface area contributed by atoms with E-state index >= 15 is 0 Å². The number of nitrogens with zero attached hydrogens (tertiary/aromatic N) is 2. The molecule has 3 heterocycles. The van der Waals surface area contributed by atoms with Crippen molar-refractivity contribution in [3.05, 3.63) is 23.5 Å². The summed E-state index contributed by atoms with van der Waals surface area (Å²) in [5.74, 6) is 1.79. The minimum absolute atomic E-state index is 0.182. The number of hydrogen-bond donors (Lipinski definition) is 2. The van der Waals surface area contributed by atoms with Gasteiger partial charge in [0, 0.05) is 12.5 Å². The van der Waals surface area contributed by atoms with Crippen LogP contribution in [0.3, 0.4) is 0 Å². The molecule has 1 fully saturated rings. The molecule has 2 aliphatic rings. The summed E-state index contributed by atoms with van der Waals surface area (Å²) in [5.41, 5.74) is 3.70. The molecular weight excluding hydrogens is 288 g/mol. The number of piperidine rings is 1. The van der Waals surface area contributed by atoms with Crippen LogP contribution in [0, 0.1) is 0 Å². The number of fused-ring (bicyclic) bond motifs is 2. The van der Waals surface area contributed by atoms with Crippen LogP contribution < -0.4 is 10.2 Å². The standard InChI is InChI=1S/C18H24N4O/c1-4-22-15-10-14-13(9-12(15)18(2,3)17(22)23)20-16(21-14)11-5-7-19-8-6-11/h9-11,19H,4-8H2,1-3H3,(H,20,21). The van der Waals surface area contributed by atoms with Crippen molar-refractivity contribution in [1.82, 2.24) is 15.3 Å². The Bertz CT molecular complexity index is 771. The highest BCUT2D eigenvalue weighted by Crippen LogP contribution is 2.43. The Morgan fingerprint density at radius 1 is 1.30 bits per heavy atom. The highest BCUT2D eigenvalue weighted by molar-refractivity contribution is 6.09. The smallest absolute Gasteiger partial charge is 0.237 e. The van der Waals surface area contributed by atoms with E-state index in [-0.39, 0.29) is 5.91 Å². The largest absolute Gasteiger partial charge is 0.342 e. The minimum Gasteiger partial charge on any atom is -0.342 e. The normalized spacial score (nSPS) is 21.2. The zero-order valence-electron chi connectivity index (χ0n) is 14.1. The monoisotopic (exact) mass is 312 g/mol. The van der Waals surface area contributed by atoms with E-state index in [0.29, 0.717) is 12.5 Å². The first-order valence-corrected chi connectivity index (χ1v) is 8.59. The number of imidazole rings is 1. The van der Waals surface area contributed by atoms with Gasteiger partial charge in [0.25, 0.3) is 0 Å². The Morgan fingerprint density at radius 2 is 2.04 bits per heavy atom. The highest BCUT2D eigenvalue weighted by atomic mass is 16.2. The van der Waals surface area contributed by atoms with Gasteiger partial charge in [0.2, 0.25) is 5.91 Å². The SMILES string of the molecule is CCN1C(=O)C(C)(C)c2cc3nc(C4CCNCC4)[nH]c3cc21. The number of H-pyrrole nitrogens is 1. The second kappa shape index (κ2) is 5.06. The lowest BCUT2D eigenvalue weighted by Gasteiger charge is -2.20. The van der Waals surface area contributed by atoms with E-state index in [0.717, 1.165) is 54.0 Å². The van der Waals surface area contributed by atoms with E-state index in [1.807, 2.05) is 25.7 Å². The van der Waals surface area contributed by atoms with Crippen LogP contribution >= 0.6 is 0 Å². The number of hydrogen-bond acceptors (Lipinski definition) is 3. The Hall–Kier alpha value is -1.88. The maximum atomic E-state index is 12.6. The van der Waals surface area contributed by atoms with E-state index in [1.54, 1.807) is 0 Å². The van der Waals surface area contributed by atoms with Crippen LogP contribution in [0.2, 0.25) is 0 Å². The van der Waals surface area contributed by atoms with Gasteiger partial charge >= 0.3 is 0 Å². The molecule has 5 nitrogen and oxygen atoms in total. The van der Waals surface area contributed by atoms with Crippen LogP contribution in [0.15, 0.2) is 12.1 Å². The molecule has 4 rings (SSSR count).